The molecule has 20 heavy (non-hydrogen) atoms. The van der Waals surface area contributed by atoms with Gasteiger partial charge in [-0.15, -0.1) is 0 Å². The Labute approximate surface area is 117 Å². The number of carbonyl (C=O) groups is 4. The number of aromatic nitrogens is 1. The lowest BCUT2D eigenvalue weighted by molar-refractivity contribution is -0.149. The van der Waals surface area contributed by atoms with E-state index in [2.05, 4.69) is 4.98 Å². The summed E-state index contributed by atoms with van der Waals surface area (Å²) in [5, 5.41) is 0.994. The number of para-hydroxylation sites is 1. The Morgan fingerprint density at radius 3 is 2.35 bits per heavy atom. The first-order valence-electron chi connectivity index (χ1n) is 5.90. The van der Waals surface area contributed by atoms with Crippen LogP contribution in [0.15, 0.2) is 24.4 Å². The molecule has 0 bridgehead atoms. The molecule has 1 aliphatic carbocycles. The van der Waals surface area contributed by atoms with E-state index in [1.54, 1.807) is 18.2 Å². The quantitative estimate of drug-likeness (QED) is 0.638. The molecule has 0 atom stereocenters. The van der Waals surface area contributed by atoms with Gasteiger partial charge in [-0.2, -0.15) is 0 Å². The van der Waals surface area contributed by atoms with Gasteiger partial charge in [0.1, 0.15) is 5.92 Å². The van der Waals surface area contributed by atoms with Crippen LogP contribution in [0.25, 0.3) is 10.9 Å². The Morgan fingerprint density at radius 1 is 1.05 bits per heavy atom. The van der Waals surface area contributed by atoms with Crippen LogP contribution in [0.1, 0.15) is 17.9 Å². The number of ketones is 4. The summed E-state index contributed by atoms with van der Waals surface area (Å²) in [6, 6.07) is 5.01. The molecule has 0 amide bonds. The number of hydrogen-bond donors (Lipinski definition) is 1. The van der Waals surface area contributed by atoms with Gasteiger partial charge in [0.15, 0.2) is 0 Å². The van der Waals surface area contributed by atoms with Gasteiger partial charge in [-0.05, 0) is 11.6 Å². The second-order valence-corrected chi connectivity index (χ2v) is 5.00. The second kappa shape index (κ2) is 4.38. The van der Waals surface area contributed by atoms with Crippen molar-refractivity contribution in [1.82, 2.24) is 4.98 Å². The number of benzene rings is 1. The van der Waals surface area contributed by atoms with Crippen molar-refractivity contribution in [3.05, 3.63) is 35.0 Å². The fourth-order valence-corrected chi connectivity index (χ4v) is 2.65. The second-order valence-electron chi connectivity index (χ2n) is 4.59. The number of H-pyrrole nitrogens is 1. The van der Waals surface area contributed by atoms with Crippen LogP contribution in [0.4, 0.5) is 0 Å². The summed E-state index contributed by atoms with van der Waals surface area (Å²) in [5.74, 6) is -4.67. The summed E-state index contributed by atoms with van der Waals surface area (Å²) < 4.78 is 0. The number of aromatic amines is 1. The highest BCUT2D eigenvalue weighted by Crippen LogP contribution is 2.32. The van der Waals surface area contributed by atoms with Crippen LogP contribution >= 0.6 is 11.6 Å². The summed E-state index contributed by atoms with van der Waals surface area (Å²) >= 11 is 6.00. The number of fused-ring (bicyclic) bond motifs is 1. The summed E-state index contributed by atoms with van der Waals surface area (Å²) in [5.41, 5.74) is 0.883. The molecule has 0 spiro atoms. The van der Waals surface area contributed by atoms with Crippen molar-refractivity contribution in [2.75, 3.05) is 0 Å². The van der Waals surface area contributed by atoms with Crippen molar-refractivity contribution < 1.29 is 19.2 Å². The zero-order valence-electron chi connectivity index (χ0n) is 10.1. The highest BCUT2D eigenvalue weighted by molar-refractivity contribution is 6.61. The Morgan fingerprint density at radius 2 is 1.70 bits per heavy atom. The van der Waals surface area contributed by atoms with Crippen molar-refractivity contribution in [1.29, 1.82) is 0 Å². The van der Waals surface area contributed by atoms with Crippen LogP contribution in [0.5, 0.6) is 0 Å². The predicted molar refractivity (Wildman–Crippen MR) is 70.7 cm³/mol. The van der Waals surface area contributed by atoms with Gasteiger partial charge in [-0.25, -0.2) is 0 Å². The lowest BCUT2D eigenvalue weighted by Gasteiger charge is -2.16. The topological polar surface area (TPSA) is 84.1 Å². The SMILES string of the molecule is O=C1CC(=O)C(=O)C(c2c[nH]c3c(Cl)cccc23)C1=O. The van der Waals surface area contributed by atoms with Gasteiger partial charge >= 0.3 is 0 Å². The molecule has 1 N–H and O–H groups in total. The number of halogens is 1. The van der Waals surface area contributed by atoms with Crippen molar-refractivity contribution in [2.45, 2.75) is 12.3 Å². The van der Waals surface area contributed by atoms with E-state index in [1.807, 2.05) is 0 Å². The Balaban J connectivity index is 2.21. The number of nitrogens with one attached hydrogen (secondary N) is 1. The van der Waals surface area contributed by atoms with Crippen molar-refractivity contribution in [2.24, 2.45) is 0 Å². The first kappa shape index (κ1) is 12.7. The molecule has 2 aromatic rings. The minimum Gasteiger partial charge on any atom is -0.360 e. The van der Waals surface area contributed by atoms with Crippen molar-refractivity contribution >= 4 is 45.6 Å². The molecular formula is C14H8ClNO4. The standard InChI is InChI=1S/C14H8ClNO4/c15-8-3-1-2-6-7(5-16-12(6)8)11-13(19)9(17)4-10(18)14(11)20/h1-3,5,11,16H,4H2. The normalized spacial score (nSPS) is 17.2. The van der Waals surface area contributed by atoms with E-state index in [0.717, 1.165) is 0 Å². The van der Waals surface area contributed by atoms with E-state index in [1.165, 1.54) is 6.20 Å². The monoisotopic (exact) mass is 289 g/mol. The van der Waals surface area contributed by atoms with Crippen LogP contribution in [-0.4, -0.2) is 28.1 Å². The fraction of sp³-hybridized carbons (Fsp3) is 0.143. The van der Waals surface area contributed by atoms with Gasteiger partial charge in [-0.1, -0.05) is 23.7 Å². The molecule has 6 heteroatoms. The van der Waals surface area contributed by atoms with Crippen LogP contribution in [0, 0.1) is 0 Å². The molecule has 0 unspecified atom stereocenters. The summed E-state index contributed by atoms with van der Waals surface area (Å²) in [6.45, 7) is 0. The third-order valence-corrected chi connectivity index (χ3v) is 3.72. The average molecular weight is 290 g/mol. The van der Waals surface area contributed by atoms with Gasteiger partial charge in [0.05, 0.1) is 17.0 Å². The molecule has 3 rings (SSSR count). The highest BCUT2D eigenvalue weighted by Gasteiger charge is 2.43. The molecular weight excluding hydrogens is 282 g/mol. The Bertz CT molecular complexity index is 764. The zero-order valence-corrected chi connectivity index (χ0v) is 10.9. The molecule has 1 aromatic carbocycles. The van der Waals surface area contributed by atoms with E-state index in [9.17, 15) is 19.2 Å². The van der Waals surface area contributed by atoms with Gasteiger partial charge in [0.25, 0.3) is 0 Å². The van der Waals surface area contributed by atoms with Crippen LogP contribution in [0.2, 0.25) is 5.02 Å². The van der Waals surface area contributed by atoms with Crippen LogP contribution in [0.3, 0.4) is 0 Å². The van der Waals surface area contributed by atoms with E-state index < -0.39 is 35.5 Å². The predicted octanol–water partition coefficient (Wildman–Crippen LogP) is 1.58. The molecule has 0 radical (unpaired) electrons. The summed E-state index contributed by atoms with van der Waals surface area (Å²) in [7, 11) is 0. The van der Waals surface area contributed by atoms with Gasteiger partial charge < -0.3 is 4.98 Å². The molecule has 0 aliphatic heterocycles. The van der Waals surface area contributed by atoms with Crippen LogP contribution in [-0.2, 0) is 19.2 Å². The van der Waals surface area contributed by atoms with E-state index in [0.29, 0.717) is 21.5 Å². The molecule has 100 valence electrons. The fourth-order valence-electron chi connectivity index (χ4n) is 2.42. The third kappa shape index (κ3) is 1.71. The number of carbonyl (C=O) groups excluding carboxylic acids is 4. The van der Waals surface area contributed by atoms with Crippen LogP contribution < -0.4 is 0 Å². The first-order valence-corrected chi connectivity index (χ1v) is 6.28. The minimum atomic E-state index is -1.35. The maximum atomic E-state index is 11.9. The maximum absolute atomic E-state index is 11.9. The molecule has 1 aromatic heterocycles. The molecule has 1 heterocycles. The maximum Gasteiger partial charge on any atom is 0.214 e. The average Bonchev–Trinajstić information content (AvgIpc) is 2.83. The van der Waals surface area contributed by atoms with E-state index in [-0.39, 0.29) is 0 Å². The lowest BCUT2D eigenvalue weighted by Crippen LogP contribution is -2.40. The van der Waals surface area contributed by atoms with Gasteiger partial charge in [-0.3, -0.25) is 19.2 Å². The zero-order chi connectivity index (χ0) is 14.4. The molecule has 1 aliphatic rings. The van der Waals surface area contributed by atoms with Gasteiger partial charge in [0, 0.05) is 11.6 Å². The smallest absolute Gasteiger partial charge is 0.214 e. The number of hydrogen-bond acceptors (Lipinski definition) is 4. The third-order valence-electron chi connectivity index (χ3n) is 3.40. The summed E-state index contributed by atoms with van der Waals surface area (Å²) in [6.07, 6.45) is 0.820. The van der Waals surface area contributed by atoms with Gasteiger partial charge in [0.2, 0.25) is 23.1 Å². The minimum absolute atomic E-state index is 0.318. The summed E-state index contributed by atoms with van der Waals surface area (Å²) in [4.78, 5) is 49.7. The van der Waals surface area contributed by atoms with Crippen molar-refractivity contribution in [3.63, 3.8) is 0 Å². The molecule has 1 fully saturated rings. The number of Topliss-reactive ketones (excluding diaryl/α,β-unsaturated/α-hetero) is 4. The van der Waals surface area contributed by atoms with E-state index in [4.69, 9.17) is 11.6 Å². The lowest BCUT2D eigenvalue weighted by atomic mass is 9.80. The Hall–Kier alpha value is -2.27. The van der Waals surface area contributed by atoms with Crippen molar-refractivity contribution in [3.8, 4) is 0 Å². The molecule has 1 saturated carbocycles. The number of rotatable bonds is 1. The molecule has 5 nitrogen and oxygen atoms in total. The van der Waals surface area contributed by atoms with E-state index >= 15 is 0 Å². The first-order chi connectivity index (χ1) is 9.50. The molecule has 0 saturated heterocycles. The highest BCUT2D eigenvalue weighted by atomic mass is 35.5. The largest absolute Gasteiger partial charge is 0.360 e. The Kier molecular flexibility index (Phi) is 2.79.